The predicted octanol–water partition coefficient (Wildman–Crippen LogP) is -0.304. The van der Waals surface area contributed by atoms with Crippen molar-refractivity contribution in [2.45, 2.75) is 0 Å². The van der Waals surface area contributed by atoms with E-state index in [1.54, 1.807) is 0 Å². The molecule has 0 saturated carbocycles. The summed E-state index contributed by atoms with van der Waals surface area (Å²) in [6.45, 7) is 1.70. The average Bonchev–Trinajstić information content (AvgIpc) is 2.36. The van der Waals surface area contributed by atoms with Gasteiger partial charge in [-0.25, -0.2) is 0 Å². The molecule has 2 rings (SSSR count). The number of carbonyl (C=O) groups excluding carboxylic acids is 1. The molecule has 6 heteroatoms. The van der Waals surface area contributed by atoms with Crippen molar-refractivity contribution in [1.82, 2.24) is 4.90 Å². The van der Waals surface area contributed by atoms with Crippen molar-refractivity contribution < 1.29 is 18.3 Å². The van der Waals surface area contributed by atoms with E-state index in [9.17, 15) is 13.6 Å². The van der Waals surface area contributed by atoms with E-state index >= 15 is 0 Å². The molecule has 0 radical (unpaired) electrons. The van der Waals surface area contributed by atoms with Gasteiger partial charge in [0, 0.05) is 0 Å². The van der Waals surface area contributed by atoms with Crippen LogP contribution < -0.4 is 4.35 Å². The summed E-state index contributed by atoms with van der Waals surface area (Å²) in [5.41, 5.74) is -0.203. The van der Waals surface area contributed by atoms with Crippen LogP contribution in [0.15, 0.2) is 12.1 Å². The molecule has 1 heterocycles. The minimum absolute atomic E-state index is 0.203. The van der Waals surface area contributed by atoms with Crippen molar-refractivity contribution in [3.8, 4) is 0 Å². The van der Waals surface area contributed by atoms with Crippen molar-refractivity contribution in [3.05, 3.63) is 29.3 Å². The quantitative estimate of drug-likeness (QED) is 0.667. The minimum atomic E-state index is -1.05. The first-order chi connectivity index (χ1) is 8.11. The molecular formula is C11H12AsF2NO2. The molecule has 1 unspecified atom stereocenters. The molecule has 1 aromatic carbocycles. The summed E-state index contributed by atoms with van der Waals surface area (Å²) in [7, 11) is 0. The number of hydrogen-bond acceptors (Lipinski definition) is 2. The van der Waals surface area contributed by atoms with Crippen LogP contribution in [0.5, 0.6) is 0 Å². The van der Waals surface area contributed by atoms with Gasteiger partial charge >= 0.3 is 106 Å². The van der Waals surface area contributed by atoms with Gasteiger partial charge in [0.25, 0.3) is 0 Å². The SMILES string of the molecule is O=C(c1ccc([AsH2])c(F)c1F)N1CCOCC1. The topological polar surface area (TPSA) is 29.5 Å². The summed E-state index contributed by atoms with van der Waals surface area (Å²) in [6, 6.07) is 2.78. The Labute approximate surface area is 106 Å². The molecule has 1 aromatic rings. The van der Waals surface area contributed by atoms with E-state index in [4.69, 9.17) is 4.74 Å². The number of rotatable bonds is 1. The number of ether oxygens (including phenoxy) is 1. The van der Waals surface area contributed by atoms with E-state index in [0.29, 0.717) is 26.3 Å². The van der Waals surface area contributed by atoms with Gasteiger partial charge in [-0.2, -0.15) is 0 Å². The van der Waals surface area contributed by atoms with Gasteiger partial charge in [-0.1, -0.05) is 0 Å². The number of amides is 1. The number of halogens is 2. The normalized spacial score (nSPS) is 16.1. The Morgan fingerprint density at radius 1 is 1.24 bits per heavy atom. The van der Waals surface area contributed by atoms with Crippen molar-refractivity contribution in [1.29, 1.82) is 0 Å². The second-order valence-corrected chi connectivity index (χ2v) is 5.04. The van der Waals surface area contributed by atoms with Crippen LogP contribution in [0.1, 0.15) is 10.4 Å². The van der Waals surface area contributed by atoms with Crippen LogP contribution in [0.3, 0.4) is 0 Å². The number of hydrogen-bond donors (Lipinski definition) is 0. The molecule has 0 N–H and O–H groups in total. The van der Waals surface area contributed by atoms with Crippen LogP contribution in [-0.2, 0) is 4.74 Å². The Balaban J connectivity index is 2.27. The Hall–Kier alpha value is -0.932. The fraction of sp³-hybridized carbons (Fsp3) is 0.364. The molecule has 3 nitrogen and oxygen atoms in total. The van der Waals surface area contributed by atoms with Gasteiger partial charge < -0.3 is 0 Å². The molecule has 1 atom stereocenters. The molecular weight excluding hydrogens is 291 g/mol. The Bertz CT molecular complexity index is 447. The van der Waals surface area contributed by atoms with Crippen LogP contribution >= 0.6 is 0 Å². The predicted molar refractivity (Wildman–Crippen MR) is 61.3 cm³/mol. The summed E-state index contributed by atoms with van der Waals surface area (Å²) < 4.78 is 32.3. The van der Waals surface area contributed by atoms with Crippen LogP contribution in [-0.4, -0.2) is 54.0 Å². The zero-order chi connectivity index (χ0) is 12.4. The molecule has 1 saturated heterocycles. The first-order valence-corrected chi connectivity index (χ1v) is 6.43. The van der Waals surface area contributed by atoms with Gasteiger partial charge in [0.15, 0.2) is 0 Å². The van der Waals surface area contributed by atoms with Gasteiger partial charge in [-0.3, -0.25) is 0 Å². The van der Waals surface area contributed by atoms with Crippen molar-refractivity contribution in [2.24, 2.45) is 0 Å². The molecule has 0 aliphatic carbocycles. The van der Waals surface area contributed by atoms with E-state index in [1.165, 1.54) is 17.0 Å². The Kier molecular flexibility index (Phi) is 3.79. The Morgan fingerprint density at radius 2 is 1.88 bits per heavy atom. The third-order valence-electron chi connectivity index (χ3n) is 2.64. The number of morpholine rings is 1. The molecule has 1 aliphatic heterocycles. The zero-order valence-electron chi connectivity index (χ0n) is 9.08. The molecule has 0 aromatic heterocycles. The maximum absolute atomic E-state index is 13.6. The summed E-state index contributed by atoms with van der Waals surface area (Å²) in [5, 5.41) is 0. The van der Waals surface area contributed by atoms with Gasteiger partial charge in [-0.05, 0) is 0 Å². The molecule has 0 bridgehead atoms. The molecule has 0 spiro atoms. The van der Waals surface area contributed by atoms with Crippen molar-refractivity contribution in [2.75, 3.05) is 26.3 Å². The number of carbonyl (C=O) groups is 1. The molecule has 1 fully saturated rings. The zero-order valence-corrected chi connectivity index (χ0v) is 11.5. The van der Waals surface area contributed by atoms with Gasteiger partial charge in [0.1, 0.15) is 0 Å². The van der Waals surface area contributed by atoms with Crippen LogP contribution in [0, 0.1) is 11.6 Å². The maximum atomic E-state index is 13.6. The summed E-state index contributed by atoms with van der Waals surface area (Å²) >= 11 is 0.991. The van der Waals surface area contributed by atoms with Gasteiger partial charge in [0.05, 0.1) is 0 Å². The first-order valence-electron chi connectivity index (χ1n) is 5.21. The third-order valence-corrected chi connectivity index (χ3v) is 3.58. The molecule has 92 valence electrons. The second-order valence-electron chi connectivity index (χ2n) is 3.73. The number of nitrogens with zero attached hydrogens (tertiary/aromatic N) is 1. The van der Waals surface area contributed by atoms with E-state index in [-0.39, 0.29) is 9.91 Å². The fourth-order valence-electron chi connectivity index (χ4n) is 1.67. The van der Waals surface area contributed by atoms with Crippen LogP contribution in [0.4, 0.5) is 8.78 Å². The summed E-state index contributed by atoms with van der Waals surface area (Å²) in [6.07, 6.45) is 0. The molecule has 17 heavy (non-hydrogen) atoms. The fourth-order valence-corrected chi connectivity index (χ4v) is 2.13. The van der Waals surface area contributed by atoms with Crippen LogP contribution in [0.2, 0.25) is 0 Å². The molecule has 1 aliphatic rings. The van der Waals surface area contributed by atoms with E-state index in [2.05, 4.69) is 0 Å². The van der Waals surface area contributed by atoms with E-state index < -0.39 is 17.5 Å². The van der Waals surface area contributed by atoms with Crippen molar-refractivity contribution >= 4 is 27.1 Å². The number of benzene rings is 1. The second kappa shape index (κ2) is 5.15. The standard InChI is InChI=1S/C11H12AsF2NO2/c12-8-2-1-7(9(13)10(8)14)11(16)15-3-5-17-6-4-15/h1-2H,3-6,12H2. The van der Waals surface area contributed by atoms with Crippen LogP contribution in [0.25, 0.3) is 0 Å². The average molecular weight is 303 g/mol. The van der Waals surface area contributed by atoms with E-state index in [1.807, 2.05) is 0 Å². The third kappa shape index (κ3) is 2.50. The summed E-state index contributed by atoms with van der Waals surface area (Å²) in [4.78, 5) is 13.4. The first kappa shape index (κ1) is 12.5. The van der Waals surface area contributed by atoms with E-state index in [0.717, 1.165) is 16.9 Å². The summed E-state index contributed by atoms with van der Waals surface area (Å²) in [5.74, 6) is -2.45. The molecule has 1 amide bonds. The monoisotopic (exact) mass is 303 g/mol. The Morgan fingerprint density at radius 3 is 2.53 bits per heavy atom. The van der Waals surface area contributed by atoms with Gasteiger partial charge in [-0.15, -0.1) is 0 Å². The van der Waals surface area contributed by atoms with Crippen molar-refractivity contribution in [3.63, 3.8) is 0 Å². The van der Waals surface area contributed by atoms with Gasteiger partial charge in [0.2, 0.25) is 0 Å².